The van der Waals surface area contributed by atoms with E-state index in [4.69, 9.17) is 10.5 Å². The average molecular weight is 357 g/mol. The standard InChI is InChI=1S/C20H23NO3S/c1-14(20(21)23)5-10-19-12-11-18(25-19)4-3-13-24-17-8-6-16(7-9-17)15(2)22/h6-9,11-12,14,20,23H,5,10,13,21H2,1-2H3/t14-,20?/m1/s1. The van der Waals surface area contributed by atoms with Gasteiger partial charge in [0.2, 0.25) is 0 Å². The predicted octanol–water partition coefficient (Wildman–Crippen LogP) is 3.23. The molecule has 0 aliphatic heterocycles. The van der Waals surface area contributed by atoms with Gasteiger partial charge in [0.1, 0.15) is 18.6 Å². The number of hydrogen-bond acceptors (Lipinski definition) is 5. The molecule has 1 heterocycles. The van der Waals surface area contributed by atoms with E-state index < -0.39 is 6.23 Å². The molecule has 0 radical (unpaired) electrons. The molecule has 0 aliphatic rings. The van der Waals surface area contributed by atoms with Gasteiger partial charge in [-0.2, -0.15) is 0 Å². The highest BCUT2D eigenvalue weighted by molar-refractivity contribution is 7.12. The minimum Gasteiger partial charge on any atom is -0.481 e. The smallest absolute Gasteiger partial charge is 0.159 e. The summed E-state index contributed by atoms with van der Waals surface area (Å²) in [5.74, 6) is 6.90. The van der Waals surface area contributed by atoms with Crippen LogP contribution in [0.4, 0.5) is 0 Å². The number of carbonyl (C=O) groups excluding carboxylic acids is 1. The average Bonchev–Trinajstić information content (AvgIpc) is 3.04. The minimum atomic E-state index is -0.763. The van der Waals surface area contributed by atoms with Crippen LogP contribution in [0.5, 0.6) is 5.75 Å². The van der Waals surface area contributed by atoms with Crippen LogP contribution in [0.2, 0.25) is 0 Å². The fourth-order valence-electron chi connectivity index (χ4n) is 2.15. The highest BCUT2D eigenvalue weighted by Gasteiger charge is 2.09. The maximum absolute atomic E-state index is 11.2. The summed E-state index contributed by atoms with van der Waals surface area (Å²) in [6.07, 6.45) is 0.978. The number of ether oxygens (including phenoxy) is 1. The third kappa shape index (κ3) is 6.35. The lowest BCUT2D eigenvalue weighted by atomic mass is 10.0. The predicted molar refractivity (Wildman–Crippen MR) is 101 cm³/mol. The number of benzene rings is 1. The van der Waals surface area contributed by atoms with Crippen LogP contribution in [0.3, 0.4) is 0 Å². The van der Waals surface area contributed by atoms with Crippen molar-refractivity contribution >= 4 is 17.1 Å². The molecule has 1 aromatic heterocycles. The first-order valence-corrected chi connectivity index (χ1v) is 9.02. The van der Waals surface area contributed by atoms with E-state index in [0.29, 0.717) is 17.9 Å². The van der Waals surface area contributed by atoms with Crippen LogP contribution in [-0.2, 0) is 6.42 Å². The fraction of sp³-hybridized carbons (Fsp3) is 0.350. The number of rotatable bonds is 7. The van der Waals surface area contributed by atoms with Crippen LogP contribution < -0.4 is 10.5 Å². The van der Waals surface area contributed by atoms with Crippen molar-refractivity contribution in [1.29, 1.82) is 0 Å². The zero-order chi connectivity index (χ0) is 18.2. The third-order valence-corrected chi connectivity index (χ3v) is 4.93. The fourth-order valence-corrected chi connectivity index (χ4v) is 3.05. The van der Waals surface area contributed by atoms with E-state index in [1.54, 1.807) is 35.6 Å². The number of hydrogen-bond donors (Lipinski definition) is 2. The van der Waals surface area contributed by atoms with Gasteiger partial charge in [0, 0.05) is 10.4 Å². The first-order chi connectivity index (χ1) is 12.0. The molecule has 0 fully saturated rings. The van der Waals surface area contributed by atoms with Crippen LogP contribution in [0.1, 0.15) is 40.4 Å². The van der Waals surface area contributed by atoms with E-state index in [2.05, 4.69) is 17.9 Å². The summed E-state index contributed by atoms with van der Waals surface area (Å²) in [5, 5.41) is 9.31. The molecule has 25 heavy (non-hydrogen) atoms. The Morgan fingerprint density at radius 2 is 2.00 bits per heavy atom. The van der Waals surface area contributed by atoms with Crippen molar-refractivity contribution in [1.82, 2.24) is 0 Å². The van der Waals surface area contributed by atoms with Gasteiger partial charge in [-0.1, -0.05) is 18.8 Å². The molecule has 0 amide bonds. The Morgan fingerprint density at radius 3 is 2.64 bits per heavy atom. The molecule has 0 spiro atoms. The van der Waals surface area contributed by atoms with Crippen molar-refractivity contribution in [2.45, 2.75) is 32.9 Å². The quantitative estimate of drug-likeness (QED) is 0.453. The number of nitrogens with two attached hydrogens (primary N) is 1. The number of ketones is 1. The van der Waals surface area contributed by atoms with E-state index in [0.717, 1.165) is 17.7 Å². The SMILES string of the molecule is CC(=O)c1ccc(OCC#Cc2ccc(CC[C@@H](C)C(N)O)s2)cc1. The first kappa shape index (κ1) is 19.2. The van der Waals surface area contributed by atoms with E-state index in [1.165, 1.54) is 11.8 Å². The summed E-state index contributed by atoms with van der Waals surface area (Å²) >= 11 is 1.65. The van der Waals surface area contributed by atoms with Crippen molar-refractivity contribution in [3.63, 3.8) is 0 Å². The molecule has 0 saturated heterocycles. The maximum atomic E-state index is 11.2. The maximum Gasteiger partial charge on any atom is 0.159 e. The summed E-state index contributed by atoms with van der Waals surface area (Å²) in [7, 11) is 0. The summed E-state index contributed by atoms with van der Waals surface area (Å²) in [6, 6.07) is 11.1. The van der Waals surface area contributed by atoms with Gasteiger partial charge in [-0.3, -0.25) is 4.79 Å². The van der Waals surface area contributed by atoms with Crippen molar-refractivity contribution in [2.75, 3.05) is 6.61 Å². The minimum absolute atomic E-state index is 0.0372. The number of Topliss-reactive ketones (excluding diaryl/α,β-unsaturated/α-hetero) is 1. The monoisotopic (exact) mass is 357 g/mol. The Kier molecular flexibility index (Phi) is 7.20. The summed E-state index contributed by atoms with van der Waals surface area (Å²) in [5.41, 5.74) is 6.13. The molecular formula is C20H23NO3S. The van der Waals surface area contributed by atoms with Gasteiger partial charge in [0.25, 0.3) is 0 Å². The zero-order valence-corrected chi connectivity index (χ0v) is 15.3. The van der Waals surface area contributed by atoms with Crippen molar-refractivity contribution < 1.29 is 14.6 Å². The molecule has 3 N–H and O–H groups in total. The van der Waals surface area contributed by atoms with Gasteiger partial charge in [-0.15, -0.1) is 11.3 Å². The van der Waals surface area contributed by atoms with Crippen LogP contribution >= 0.6 is 11.3 Å². The second-order valence-corrected chi connectivity index (χ2v) is 7.11. The molecule has 1 aromatic carbocycles. The molecule has 2 rings (SSSR count). The lowest BCUT2D eigenvalue weighted by Crippen LogP contribution is -2.27. The zero-order valence-electron chi connectivity index (χ0n) is 14.5. The molecule has 0 saturated carbocycles. The molecule has 5 heteroatoms. The lowest BCUT2D eigenvalue weighted by molar-refractivity contribution is 0.101. The van der Waals surface area contributed by atoms with Crippen molar-refractivity contribution in [3.05, 3.63) is 51.7 Å². The number of aryl methyl sites for hydroxylation is 1. The first-order valence-electron chi connectivity index (χ1n) is 8.20. The topological polar surface area (TPSA) is 72.5 Å². The number of carbonyl (C=O) groups is 1. The highest BCUT2D eigenvalue weighted by atomic mass is 32.1. The molecule has 132 valence electrons. The summed E-state index contributed by atoms with van der Waals surface area (Å²) in [6.45, 7) is 3.78. The molecule has 2 aromatic rings. The third-order valence-electron chi connectivity index (χ3n) is 3.87. The number of aliphatic hydroxyl groups excluding tert-OH is 1. The number of aliphatic hydroxyl groups is 1. The van der Waals surface area contributed by atoms with Crippen molar-refractivity contribution in [3.8, 4) is 17.6 Å². The van der Waals surface area contributed by atoms with E-state index in [1.807, 2.05) is 13.0 Å². The van der Waals surface area contributed by atoms with E-state index in [9.17, 15) is 9.90 Å². The van der Waals surface area contributed by atoms with Gasteiger partial charge in [-0.05, 0) is 62.1 Å². The summed E-state index contributed by atoms with van der Waals surface area (Å²) < 4.78 is 5.55. The molecule has 0 aliphatic carbocycles. The number of thiophene rings is 1. The lowest BCUT2D eigenvalue weighted by Gasteiger charge is -2.12. The normalized spacial score (nSPS) is 12.8. The van der Waals surface area contributed by atoms with Crippen LogP contribution in [0.15, 0.2) is 36.4 Å². The largest absolute Gasteiger partial charge is 0.481 e. The molecule has 0 bridgehead atoms. The summed E-state index contributed by atoms with van der Waals surface area (Å²) in [4.78, 5) is 13.4. The molecule has 2 atom stereocenters. The van der Waals surface area contributed by atoms with Crippen LogP contribution in [-0.4, -0.2) is 23.7 Å². The van der Waals surface area contributed by atoms with E-state index >= 15 is 0 Å². The second-order valence-electron chi connectivity index (χ2n) is 5.94. The van der Waals surface area contributed by atoms with Gasteiger partial charge in [-0.25, -0.2) is 0 Å². The Morgan fingerprint density at radius 1 is 1.28 bits per heavy atom. The van der Waals surface area contributed by atoms with Gasteiger partial charge < -0.3 is 15.6 Å². The Balaban J connectivity index is 1.80. The van der Waals surface area contributed by atoms with Gasteiger partial charge in [0.15, 0.2) is 5.78 Å². The van der Waals surface area contributed by atoms with E-state index in [-0.39, 0.29) is 11.7 Å². The Labute approximate surface area is 152 Å². The second kappa shape index (κ2) is 9.38. The Hall–Kier alpha value is -2.13. The van der Waals surface area contributed by atoms with Crippen molar-refractivity contribution in [2.24, 2.45) is 11.7 Å². The molecule has 1 unspecified atom stereocenters. The Bertz CT molecular complexity index is 753. The van der Waals surface area contributed by atoms with Gasteiger partial charge >= 0.3 is 0 Å². The highest BCUT2D eigenvalue weighted by Crippen LogP contribution is 2.19. The van der Waals surface area contributed by atoms with Crippen LogP contribution in [0.25, 0.3) is 0 Å². The van der Waals surface area contributed by atoms with Crippen LogP contribution in [0, 0.1) is 17.8 Å². The van der Waals surface area contributed by atoms with Gasteiger partial charge in [0.05, 0.1) is 4.88 Å². The molecule has 4 nitrogen and oxygen atoms in total. The molecular weight excluding hydrogens is 334 g/mol.